The van der Waals surface area contributed by atoms with Gasteiger partial charge in [-0.15, -0.1) is 0 Å². The summed E-state index contributed by atoms with van der Waals surface area (Å²) in [6, 6.07) is 1.21. The van der Waals surface area contributed by atoms with Crippen molar-refractivity contribution in [2.75, 3.05) is 19.7 Å². The number of hydrogen-bond donors (Lipinski definition) is 0. The van der Waals surface area contributed by atoms with Crippen LogP contribution in [0.1, 0.15) is 37.3 Å². The summed E-state index contributed by atoms with van der Waals surface area (Å²) in [5.41, 5.74) is 0.293. The molecular weight excluding hydrogens is 293 g/mol. The van der Waals surface area contributed by atoms with E-state index in [1.165, 1.54) is 12.3 Å². The number of alkyl halides is 3. The van der Waals surface area contributed by atoms with E-state index in [1.807, 2.05) is 6.92 Å². The van der Waals surface area contributed by atoms with Gasteiger partial charge in [0.25, 0.3) is 0 Å². The molecule has 0 bridgehead atoms. The molecule has 0 amide bonds. The molecule has 0 atom stereocenters. The molecule has 3 rings (SSSR count). The van der Waals surface area contributed by atoms with Crippen LogP contribution in [-0.2, 0) is 17.5 Å². The number of hydrogen-bond acceptors (Lipinski definition) is 3. The molecule has 122 valence electrons. The zero-order chi connectivity index (χ0) is 15.8. The summed E-state index contributed by atoms with van der Waals surface area (Å²) in [7, 11) is 0. The van der Waals surface area contributed by atoms with E-state index in [0.717, 1.165) is 45.2 Å². The molecule has 0 unspecified atom stereocenters. The van der Waals surface area contributed by atoms with Gasteiger partial charge in [0, 0.05) is 32.1 Å². The average molecular weight is 314 g/mol. The Balaban J connectivity index is 1.57. The SMILES string of the molecule is CCOC1CC2(CCN(Cc3cncc(C(F)(F)F)c3)C2)C1. The van der Waals surface area contributed by atoms with Gasteiger partial charge in [0.05, 0.1) is 11.7 Å². The van der Waals surface area contributed by atoms with Crippen molar-refractivity contribution in [2.45, 2.75) is 45.0 Å². The quantitative estimate of drug-likeness (QED) is 0.850. The lowest BCUT2D eigenvalue weighted by atomic mass is 9.66. The Labute approximate surface area is 128 Å². The summed E-state index contributed by atoms with van der Waals surface area (Å²) < 4.78 is 43.8. The Hall–Kier alpha value is -1.14. The number of halogens is 3. The van der Waals surface area contributed by atoms with Gasteiger partial charge < -0.3 is 4.74 Å². The lowest BCUT2D eigenvalue weighted by molar-refractivity contribution is -0.137. The van der Waals surface area contributed by atoms with Crippen molar-refractivity contribution in [3.05, 3.63) is 29.6 Å². The molecule has 1 aliphatic carbocycles. The van der Waals surface area contributed by atoms with Crippen LogP contribution in [0.15, 0.2) is 18.5 Å². The lowest BCUT2D eigenvalue weighted by Gasteiger charge is -2.44. The summed E-state index contributed by atoms with van der Waals surface area (Å²) >= 11 is 0. The third-order valence-corrected chi connectivity index (χ3v) is 4.77. The minimum Gasteiger partial charge on any atom is -0.378 e. The number of pyridine rings is 1. The van der Waals surface area contributed by atoms with E-state index in [2.05, 4.69) is 9.88 Å². The molecule has 2 aliphatic rings. The molecular formula is C16H21F3N2O. The van der Waals surface area contributed by atoms with Crippen molar-refractivity contribution in [1.29, 1.82) is 0 Å². The van der Waals surface area contributed by atoms with E-state index in [0.29, 0.717) is 23.6 Å². The Bertz CT molecular complexity index is 526. The first-order chi connectivity index (χ1) is 10.4. The fraction of sp³-hybridized carbons (Fsp3) is 0.688. The number of rotatable bonds is 4. The van der Waals surface area contributed by atoms with Crippen molar-refractivity contribution in [1.82, 2.24) is 9.88 Å². The van der Waals surface area contributed by atoms with Gasteiger partial charge in [-0.1, -0.05) is 0 Å². The molecule has 6 heteroatoms. The first-order valence-corrected chi connectivity index (χ1v) is 7.75. The van der Waals surface area contributed by atoms with Crippen LogP contribution >= 0.6 is 0 Å². The molecule has 2 fully saturated rings. The smallest absolute Gasteiger partial charge is 0.378 e. The van der Waals surface area contributed by atoms with Crippen molar-refractivity contribution in [2.24, 2.45) is 5.41 Å². The van der Waals surface area contributed by atoms with Gasteiger partial charge >= 0.3 is 6.18 Å². The molecule has 1 aliphatic heterocycles. The minimum absolute atomic E-state index is 0.328. The summed E-state index contributed by atoms with van der Waals surface area (Å²) in [5.74, 6) is 0. The van der Waals surface area contributed by atoms with Crippen molar-refractivity contribution in [3.8, 4) is 0 Å². The molecule has 3 nitrogen and oxygen atoms in total. The minimum atomic E-state index is -4.33. The van der Waals surface area contributed by atoms with Crippen LogP contribution in [0.2, 0.25) is 0 Å². The van der Waals surface area contributed by atoms with Crippen LogP contribution in [0.3, 0.4) is 0 Å². The van der Waals surface area contributed by atoms with Crippen molar-refractivity contribution in [3.63, 3.8) is 0 Å². The molecule has 1 aromatic rings. The van der Waals surface area contributed by atoms with Crippen molar-refractivity contribution >= 4 is 0 Å². The monoisotopic (exact) mass is 314 g/mol. The molecule has 1 aromatic heterocycles. The highest BCUT2D eigenvalue weighted by Gasteiger charge is 2.48. The second kappa shape index (κ2) is 5.81. The van der Waals surface area contributed by atoms with Crippen LogP contribution in [0.25, 0.3) is 0 Å². The summed E-state index contributed by atoms with van der Waals surface area (Å²) in [6.45, 7) is 5.19. The zero-order valence-electron chi connectivity index (χ0n) is 12.7. The van der Waals surface area contributed by atoms with E-state index in [4.69, 9.17) is 4.74 Å². The number of aromatic nitrogens is 1. The van der Waals surface area contributed by atoms with E-state index in [9.17, 15) is 13.2 Å². The van der Waals surface area contributed by atoms with Gasteiger partial charge in [-0.2, -0.15) is 13.2 Å². The Kier molecular flexibility index (Phi) is 4.16. The molecule has 2 heterocycles. The zero-order valence-corrected chi connectivity index (χ0v) is 12.7. The second-order valence-electron chi connectivity index (χ2n) is 6.53. The molecule has 1 saturated heterocycles. The van der Waals surface area contributed by atoms with Crippen molar-refractivity contribution < 1.29 is 17.9 Å². The van der Waals surface area contributed by atoms with E-state index < -0.39 is 11.7 Å². The summed E-state index contributed by atoms with van der Waals surface area (Å²) in [6.07, 6.45) is 1.74. The molecule has 0 aromatic carbocycles. The molecule has 22 heavy (non-hydrogen) atoms. The third-order valence-electron chi connectivity index (χ3n) is 4.77. The van der Waals surface area contributed by atoms with E-state index >= 15 is 0 Å². The lowest BCUT2D eigenvalue weighted by Crippen LogP contribution is -2.44. The van der Waals surface area contributed by atoms with Gasteiger partial charge in [0.1, 0.15) is 0 Å². The first kappa shape index (κ1) is 15.7. The Morgan fingerprint density at radius 1 is 1.36 bits per heavy atom. The maximum Gasteiger partial charge on any atom is 0.417 e. The Morgan fingerprint density at radius 3 is 2.82 bits per heavy atom. The third kappa shape index (κ3) is 3.27. The van der Waals surface area contributed by atoms with Crippen LogP contribution in [0, 0.1) is 5.41 Å². The fourth-order valence-corrected chi connectivity index (χ4v) is 3.74. The first-order valence-electron chi connectivity index (χ1n) is 7.75. The standard InChI is InChI=1S/C16H21F3N2O/c1-2-22-14-6-15(7-14)3-4-21(11-15)10-12-5-13(9-20-8-12)16(17,18)19/h5,8-9,14H,2-4,6-7,10-11H2,1H3. The molecule has 1 spiro atoms. The van der Waals surface area contributed by atoms with Gasteiger partial charge in [-0.3, -0.25) is 9.88 Å². The normalized spacial score (nSPS) is 29.0. The van der Waals surface area contributed by atoms with E-state index in [-0.39, 0.29) is 0 Å². The topological polar surface area (TPSA) is 25.4 Å². The highest BCUT2D eigenvalue weighted by molar-refractivity contribution is 5.21. The van der Waals surface area contributed by atoms with Crippen LogP contribution in [-0.4, -0.2) is 35.7 Å². The van der Waals surface area contributed by atoms with Gasteiger partial charge in [0.15, 0.2) is 0 Å². The van der Waals surface area contributed by atoms with E-state index in [1.54, 1.807) is 0 Å². The van der Waals surface area contributed by atoms with Gasteiger partial charge in [-0.05, 0) is 49.8 Å². The predicted octanol–water partition coefficient (Wildman–Crippen LogP) is 3.49. The Morgan fingerprint density at radius 2 is 2.14 bits per heavy atom. The van der Waals surface area contributed by atoms with Gasteiger partial charge in [-0.25, -0.2) is 0 Å². The fourth-order valence-electron chi connectivity index (χ4n) is 3.74. The summed E-state index contributed by atoms with van der Waals surface area (Å²) in [4.78, 5) is 5.97. The van der Waals surface area contributed by atoms with Crippen LogP contribution in [0.5, 0.6) is 0 Å². The molecule has 0 N–H and O–H groups in total. The highest BCUT2D eigenvalue weighted by Crippen LogP contribution is 2.49. The number of likely N-dealkylation sites (tertiary alicyclic amines) is 1. The molecule has 0 radical (unpaired) electrons. The largest absolute Gasteiger partial charge is 0.417 e. The predicted molar refractivity (Wildman–Crippen MR) is 76.2 cm³/mol. The highest BCUT2D eigenvalue weighted by atomic mass is 19.4. The van der Waals surface area contributed by atoms with Crippen LogP contribution < -0.4 is 0 Å². The number of ether oxygens (including phenoxy) is 1. The average Bonchev–Trinajstić information content (AvgIpc) is 2.82. The second-order valence-corrected chi connectivity index (χ2v) is 6.53. The summed E-state index contributed by atoms with van der Waals surface area (Å²) in [5, 5.41) is 0. The van der Waals surface area contributed by atoms with Crippen LogP contribution in [0.4, 0.5) is 13.2 Å². The molecule has 1 saturated carbocycles. The van der Waals surface area contributed by atoms with Gasteiger partial charge in [0.2, 0.25) is 0 Å². The number of nitrogens with zero attached hydrogens (tertiary/aromatic N) is 2. The maximum absolute atomic E-state index is 12.7. The maximum atomic E-state index is 12.7.